The largest absolute Gasteiger partial charge is 0.491 e. The van der Waals surface area contributed by atoms with Gasteiger partial charge in [-0.25, -0.2) is 10.3 Å². The minimum Gasteiger partial charge on any atom is -0.491 e. The second-order valence-corrected chi connectivity index (χ2v) is 6.21. The van der Waals surface area contributed by atoms with Crippen LogP contribution in [-0.4, -0.2) is 48.2 Å². The van der Waals surface area contributed by atoms with Gasteiger partial charge in [-0.05, 0) is 42.8 Å². The number of nitrogens with one attached hydrogen (secondary N) is 2. The Labute approximate surface area is 180 Å². The standard InChI is InChI=1S/C22H26N2O7/c1-2-29-19(12-13-20(26)24-28)21(16-8-10-18(11-9-16)30-15-14-25)31-22(27)23-17-6-4-3-5-7-17/h3-13,19,21,25,28H,2,14-15H2,1H3,(H,23,27)(H,24,26)/b13-12+/t19-,21-/m1/s1. The van der Waals surface area contributed by atoms with Crippen molar-refractivity contribution in [3.8, 4) is 5.75 Å². The molecule has 0 aliphatic rings. The van der Waals surface area contributed by atoms with Gasteiger partial charge in [-0.1, -0.05) is 30.3 Å². The monoisotopic (exact) mass is 430 g/mol. The van der Waals surface area contributed by atoms with Gasteiger partial charge in [-0.3, -0.25) is 15.3 Å². The number of carbonyl (C=O) groups excluding carboxylic acids is 2. The van der Waals surface area contributed by atoms with Crippen LogP contribution in [0.1, 0.15) is 18.6 Å². The Morgan fingerprint density at radius 2 is 1.81 bits per heavy atom. The maximum absolute atomic E-state index is 12.5. The first-order valence-electron chi connectivity index (χ1n) is 9.67. The summed E-state index contributed by atoms with van der Waals surface area (Å²) in [6.45, 7) is 2.09. The molecule has 9 nitrogen and oxygen atoms in total. The smallest absolute Gasteiger partial charge is 0.412 e. The quantitative estimate of drug-likeness (QED) is 0.245. The van der Waals surface area contributed by atoms with Crippen LogP contribution < -0.4 is 15.5 Å². The van der Waals surface area contributed by atoms with Gasteiger partial charge in [0.05, 0.1) is 6.61 Å². The summed E-state index contributed by atoms with van der Waals surface area (Å²) in [7, 11) is 0. The highest BCUT2D eigenvalue weighted by molar-refractivity contribution is 5.86. The van der Waals surface area contributed by atoms with Crippen molar-refractivity contribution in [1.29, 1.82) is 0 Å². The zero-order valence-electron chi connectivity index (χ0n) is 17.1. The van der Waals surface area contributed by atoms with Crippen LogP contribution in [-0.2, 0) is 14.3 Å². The SMILES string of the molecule is CCO[C@H](/C=C/C(=O)NO)[C@H](OC(=O)Nc1ccccc1)c1ccc(OCCO)cc1. The van der Waals surface area contributed by atoms with Crippen LogP contribution in [0.15, 0.2) is 66.7 Å². The molecule has 2 aromatic rings. The number of amides is 2. The molecule has 2 amide bonds. The zero-order valence-corrected chi connectivity index (χ0v) is 17.1. The Morgan fingerprint density at radius 1 is 1.10 bits per heavy atom. The van der Waals surface area contributed by atoms with Crippen molar-refractivity contribution in [3.05, 3.63) is 72.3 Å². The van der Waals surface area contributed by atoms with Gasteiger partial charge in [0.2, 0.25) is 0 Å². The van der Waals surface area contributed by atoms with E-state index in [2.05, 4.69) is 5.32 Å². The van der Waals surface area contributed by atoms with E-state index in [-0.39, 0.29) is 19.8 Å². The Balaban J connectivity index is 2.26. The van der Waals surface area contributed by atoms with E-state index in [9.17, 15) is 9.59 Å². The van der Waals surface area contributed by atoms with Gasteiger partial charge in [0, 0.05) is 18.4 Å². The van der Waals surface area contributed by atoms with E-state index in [1.54, 1.807) is 55.5 Å². The maximum Gasteiger partial charge on any atom is 0.412 e. The van der Waals surface area contributed by atoms with Gasteiger partial charge < -0.3 is 19.3 Å². The number of aliphatic hydroxyl groups is 1. The number of para-hydroxylation sites is 1. The van der Waals surface area contributed by atoms with E-state index in [1.165, 1.54) is 11.6 Å². The Morgan fingerprint density at radius 3 is 2.42 bits per heavy atom. The summed E-state index contributed by atoms with van der Waals surface area (Å²) in [5.74, 6) is -0.210. The summed E-state index contributed by atoms with van der Waals surface area (Å²) in [6.07, 6.45) is 0.0591. The average Bonchev–Trinajstić information content (AvgIpc) is 2.80. The van der Waals surface area contributed by atoms with E-state index in [1.807, 2.05) is 6.07 Å². The van der Waals surface area contributed by atoms with Gasteiger partial charge in [0.25, 0.3) is 5.91 Å². The molecule has 2 rings (SSSR count). The van der Waals surface area contributed by atoms with Gasteiger partial charge in [0.15, 0.2) is 6.10 Å². The molecule has 9 heteroatoms. The molecule has 0 spiro atoms. The molecule has 2 aromatic carbocycles. The van der Waals surface area contributed by atoms with Crippen molar-refractivity contribution in [2.75, 3.05) is 25.1 Å². The van der Waals surface area contributed by atoms with Crippen LogP contribution >= 0.6 is 0 Å². The molecular weight excluding hydrogens is 404 g/mol. The molecular formula is C22H26N2O7. The number of ether oxygens (including phenoxy) is 3. The molecule has 0 heterocycles. The summed E-state index contributed by atoms with van der Waals surface area (Å²) in [5.41, 5.74) is 2.65. The number of rotatable bonds is 11. The molecule has 0 unspecified atom stereocenters. The summed E-state index contributed by atoms with van der Waals surface area (Å²) < 4.78 is 16.7. The number of benzene rings is 2. The number of hydrogen-bond donors (Lipinski definition) is 4. The third-order valence-corrected chi connectivity index (χ3v) is 4.03. The second kappa shape index (κ2) is 13.0. The maximum atomic E-state index is 12.5. The van der Waals surface area contributed by atoms with E-state index in [4.69, 9.17) is 24.5 Å². The minimum absolute atomic E-state index is 0.114. The fraction of sp³-hybridized carbons (Fsp3) is 0.273. The first kappa shape index (κ1) is 23.9. The predicted molar refractivity (Wildman–Crippen MR) is 113 cm³/mol. The molecule has 4 N–H and O–H groups in total. The van der Waals surface area contributed by atoms with E-state index in [0.29, 0.717) is 17.0 Å². The number of anilines is 1. The molecule has 0 saturated carbocycles. The lowest BCUT2D eigenvalue weighted by Gasteiger charge is -2.25. The van der Waals surface area contributed by atoms with Gasteiger partial charge >= 0.3 is 6.09 Å². The van der Waals surface area contributed by atoms with Crippen LogP contribution in [0.25, 0.3) is 0 Å². The highest BCUT2D eigenvalue weighted by atomic mass is 16.6. The lowest BCUT2D eigenvalue weighted by molar-refractivity contribution is -0.124. The summed E-state index contributed by atoms with van der Waals surface area (Å²) in [5, 5.41) is 20.3. The predicted octanol–water partition coefficient (Wildman–Crippen LogP) is 2.81. The highest BCUT2D eigenvalue weighted by Gasteiger charge is 2.26. The molecule has 0 aromatic heterocycles. The second-order valence-electron chi connectivity index (χ2n) is 6.21. The molecule has 0 bridgehead atoms. The van der Waals surface area contributed by atoms with Gasteiger partial charge in [-0.15, -0.1) is 0 Å². The lowest BCUT2D eigenvalue weighted by atomic mass is 10.0. The summed E-state index contributed by atoms with van der Waals surface area (Å²) >= 11 is 0. The summed E-state index contributed by atoms with van der Waals surface area (Å²) in [4.78, 5) is 24.0. The molecule has 0 aliphatic carbocycles. The number of hydroxylamine groups is 1. The van der Waals surface area contributed by atoms with Crippen LogP contribution in [0, 0.1) is 0 Å². The Kier molecular flexibility index (Phi) is 10.0. The number of carbonyl (C=O) groups is 2. The van der Waals surface area contributed by atoms with E-state index < -0.39 is 24.2 Å². The molecule has 0 saturated heterocycles. The van der Waals surface area contributed by atoms with Crippen molar-refractivity contribution in [2.24, 2.45) is 0 Å². The van der Waals surface area contributed by atoms with Crippen molar-refractivity contribution < 1.29 is 34.1 Å². The van der Waals surface area contributed by atoms with Gasteiger partial charge in [-0.2, -0.15) is 0 Å². The molecule has 0 aliphatic heterocycles. The third-order valence-electron chi connectivity index (χ3n) is 4.03. The van der Waals surface area contributed by atoms with Gasteiger partial charge in [0.1, 0.15) is 18.5 Å². The first-order valence-corrected chi connectivity index (χ1v) is 9.67. The van der Waals surface area contributed by atoms with Crippen molar-refractivity contribution >= 4 is 17.7 Å². The fourth-order valence-corrected chi connectivity index (χ4v) is 2.68. The van der Waals surface area contributed by atoms with Crippen LogP contribution in [0.4, 0.5) is 10.5 Å². The lowest BCUT2D eigenvalue weighted by Crippen LogP contribution is -2.28. The minimum atomic E-state index is -0.904. The Hall–Kier alpha value is -3.40. The molecule has 31 heavy (non-hydrogen) atoms. The zero-order chi connectivity index (χ0) is 22.5. The van der Waals surface area contributed by atoms with E-state index in [0.717, 1.165) is 6.08 Å². The average molecular weight is 430 g/mol. The molecule has 0 fully saturated rings. The number of aliphatic hydroxyl groups excluding tert-OH is 1. The fourth-order valence-electron chi connectivity index (χ4n) is 2.68. The third kappa shape index (κ3) is 8.09. The summed E-state index contributed by atoms with van der Waals surface area (Å²) in [6, 6.07) is 15.5. The van der Waals surface area contributed by atoms with Crippen molar-refractivity contribution in [2.45, 2.75) is 19.1 Å². The van der Waals surface area contributed by atoms with Crippen molar-refractivity contribution in [3.63, 3.8) is 0 Å². The first-order chi connectivity index (χ1) is 15.1. The van der Waals surface area contributed by atoms with Crippen LogP contribution in [0.2, 0.25) is 0 Å². The van der Waals surface area contributed by atoms with Crippen LogP contribution in [0.5, 0.6) is 5.75 Å². The number of hydrogen-bond acceptors (Lipinski definition) is 7. The van der Waals surface area contributed by atoms with Crippen molar-refractivity contribution in [1.82, 2.24) is 5.48 Å². The Bertz CT molecular complexity index is 841. The molecule has 166 valence electrons. The molecule has 0 radical (unpaired) electrons. The van der Waals surface area contributed by atoms with Crippen LogP contribution in [0.3, 0.4) is 0 Å². The normalized spacial score (nSPS) is 12.7. The topological polar surface area (TPSA) is 126 Å². The molecule has 2 atom stereocenters. The van der Waals surface area contributed by atoms with E-state index >= 15 is 0 Å². The highest BCUT2D eigenvalue weighted by Crippen LogP contribution is 2.27.